The maximum atomic E-state index is 13.8. The average molecular weight is 270 g/mol. The molecule has 0 radical (unpaired) electrons. The first-order valence-electron chi connectivity index (χ1n) is 6.11. The van der Waals surface area contributed by atoms with Crippen LogP contribution in [0.2, 0.25) is 0 Å². The number of aliphatic hydroxyl groups excluding tert-OH is 1. The minimum atomic E-state index is -1.17. The van der Waals surface area contributed by atoms with Gasteiger partial charge in [-0.1, -0.05) is 0 Å². The lowest BCUT2D eigenvalue weighted by molar-refractivity contribution is 0.0698. The van der Waals surface area contributed by atoms with Gasteiger partial charge in [0.05, 0.1) is 11.3 Å². The molecule has 1 aromatic rings. The van der Waals surface area contributed by atoms with Crippen molar-refractivity contribution in [2.45, 2.75) is 19.3 Å². The largest absolute Gasteiger partial charge is 0.478 e. The lowest BCUT2D eigenvalue weighted by Gasteiger charge is -2.20. The first kappa shape index (κ1) is 15.2. The molecule has 0 atom stereocenters. The summed E-state index contributed by atoms with van der Waals surface area (Å²) < 4.78 is 13.8. The standard InChI is InChI=1S/C13H19FN2O3/c1-16(5-3-2-4-6-17)12-7-9(13(18)19)11(15)8-10(12)14/h7-8,17H,2-6,15H2,1H3,(H,18,19). The Bertz CT molecular complexity index is 452. The third-order valence-corrected chi connectivity index (χ3v) is 2.91. The molecule has 0 saturated carbocycles. The van der Waals surface area contributed by atoms with Crippen LogP contribution < -0.4 is 10.6 Å². The summed E-state index contributed by atoms with van der Waals surface area (Å²) in [5, 5.41) is 17.6. The molecule has 0 saturated heterocycles. The van der Waals surface area contributed by atoms with Crippen molar-refractivity contribution in [2.24, 2.45) is 0 Å². The van der Waals surface area contributed by atoms with Crippen LogP contribution in [0, 0.1) is 5.82 Å². The van der Waals surface area contributed by atoms with E-state index in [0.717, 1.165) is 18.9 Å². The fraction of sp³-hybridized carbons (Fsp3) is 0.462. The van der Waals surface area contributed by atoms with Crippen LogP contribution in [0.25, 0.3) is 0 Å². The highest BCUT2D eigenvalue weighted by molar-refractivity contribution is 5.95. The number of nitrogens with two attached hydrogens (primary N) is 1. The highest BCUT2D eigenvalue weighted by Gasteiger charge is 2.15. The molecule has 1 rings (SSSR count). The Morgan fingerprint density at radius 3 is 2.63 bits per heavy atom. The van der Waals surface area contributed by atoms with Gasteiger partial charge in [0.25, 0.3) is 0 Å². The van der Waals surface area contributed by atoms with E-state index >= 15 is 0 Å². The molecule has 0 fully saturated rings. The summed E-state index contributed by atoms with van der Waals surface area (Å²) in [5.74, 6) is -1.71. The maximum absolute atomic E-state index is 13.8. The lowest BCUT2D eigenvalue weighted by atomic mass is 10.1. The molecule has 4 N–H and O–H groups in total. The molecule has 0 unspecified atom stereocenters. The van der Waals surface area contributed by atoms with Crippen LogP contribution in [0.15, 0.2) is 12.1 Å². The summed E-state index contributed by atoms with van der Waals surface area (Å²) in [6.07, 6.45) is 2.34. The van der Waals surface area contributed by atoms with Crippen molar-refractivity contribution in [3.63, 3.8) is 0 Å². The number of aromatic carboxylic acids is 1. The van der Waals surface area contributed by atoms with Gasteiger partial charge in [0.15, 0.2) is 0 Å². The Kier molecular flexibility index (Phi) is 5.57. The molecule has 0 aliphatic heterocycles. The third-order valence-electron chi connectivity index (χ3n) is 2.91. The van der Waals surface area contributed by atoms with E-state index in [1.54, 1.807) is 11.9 Å². The molecule has 106 valence electrons. The Morgan fingerprint density at radius 2 is 2.05 bits per heavy atom. The van der Waals surface area contributed by atoms with Crippen molar-refractivity contribution >= 4 is 17.3 Å². The highest BCUT2D eigenvalue weighted by Crippen LogP contribution is 2.25. The molecule has 0 aliphatic rings. The van der Waals surface area contributed by atoms with Gasteiger partial charge in [-0.05, 0) is 31.4 Å². The van der Waals surface area contributed by atoms with Gasteiger partial charge < -0.3 is 20.8 Å². The fourth-order valence-corrected chi connectivity index (χ4v) is 1.81. The fourth-order valence-electron chi connectivity index (χ4n) is 1.81. The van der Waals surface area contributed by atoms with Crippen LogP contribution in [0.3, 0.4) is 0 Å². The lowest BCUT2D eigenvalue weighted by Crippen LogP contribution is -2.20. The quantitative estimate of drug-likeness (QED) is 0.518. The normalized spacial score (nSPS) is 10.5. The van der Waals surface area contributed by atoms with Crippen molar-refractivity contribution in [1.82, 2.24) is 0 Å². The number of carboxylic acids is 1. The number of rotatable bonds is 7. The molecule has 0 spiro atoms. The van der Waals surface area contributed by atoms with Crippen LogP contribution >= 0.6 is 0 Å². The maximum Gasteiger partial charge on any atom is 0.337 e. The van der Waals surface area contributed by atoms with Crippen LogP contribution in [0.5, 0.6) is 0 Å². The molecule has 0 aliphatic carbocycles. The number of hydrogen-bond acceptors (Lipinski definition) is 4. The second-order valence-electron chi connectivity index (χ2n) is 4.40. The number of halogens is 1. The number of anilines is 2. The third kappa shape index (κ3) is 4.10. The van der Waals surface area contributed by atoms with E-state index in [4.69, 9.17) is 15.9 Å². The van der Waals surface area contributed by atoms with E-state index < -0.39 is 11.8 Å². The average Bonchev–Trinajstić information content (AvgIpc) is 2.34. The summed E-state index contributed by atoms with van der Waals surface area (Å²) in [4.78, 5) is 12.6. The Labute approximate surface area is 111 Å². The van der Waals surface area contributed by atoms with Gasteiger partial charge in [0.1, 0.15) is 5.82 Å². The van der Waals surface area contributed by atoms with Crippen molar-refractivity contribution in [3.8, 4) is 0 Å². The van der Waals surface area contributed by atoms with E-state index in [2.05, 4.69) is 0 Å². The predicted octanol–water partition coefficient (Wildman–Crippen LogP) is 1.70. The zero-order valence-electron chi connectivity index (χ0n) is 10.9. The van der Waals surface area contributed by atoms with Crippen LogP contribution in [0.1, 0.15) is 29.6 Å². The smallest absolute Gasteiger partial charge is 0.337 e. The molecular formula is C13H19FN2O3. The minimum absolute atomic E-state index is 0.0811. The van der Waals surface area contributed by atoms with Gasteiger partial charge in [-0.15, -0.1) is 0 Å². The topological polar surface area (TPSA) is 86.8 Å². The number of nitrogen functional groups attached to an aromatic ring is 1. The first-order chi connectivity index (χ1) is 8.97. The van der Waals surface area contributed by atoms with E-state index in [-0.39, 0.29) is 23.5 Å². The van der Waals surface area contributed by atoms with Crippen molar-refractivity contribution < 1.29 is 19.4 Å². The molecule has 5 nitrogen and oxygen atoms in total. The molecule has 0 amide bonds. The second-order valence-corrected chi connectivity index (χ2v) is 4.40. The van der Waals surface area contributed by atoms with Gasteiger partial charge in [-0.2, -0.15) is 0 Å². The van der Waals surface area contributed by atoms with E-state index in [0.29, 0.717) is 13.0 Å². The summed E-state index contributed by atoms with van der Waals surface area (Å²) in [7, 11) is 1.69. The summed E-state index contributed by atoms with van der Waals surface area (Å²) in [6.45, 7) is 0.725. The molecule has 0 heterocycles. The van der Waals surface area contributed by atoms with Crippen LogP contribution in [-0.2, 0) is 0 Å². The summed E-state index contributed by atoms with van der Waals surface area (Å²) >= 11 is 0. The number of carboxylic acid groups (broad SMARTS) is 1. The van der Waals surface area contributed by atoms with Gasteiger partial charge in [-0.3, -0.25) is 0 Å². The first-order valence-corrected chi connectivity index (χ1v) is 6.11. The number of benzene rings is 1. The zero-order valence-corrected chi connectivity index (χ0v) is 10.9. The zero-order chi connectivity index (χ0) is 14.4. The Balaban J connectivity index is 2.81. The number of unbranched alkanes of at least 4 members (excludes halogenated alkanes) is 2. The van der Waals surface area contributed by atoms with Gasteiger partial charge in [-0.25, -0.2) is 9.18 Å². The molecule has 6 heteroatoms. The van der Waals surface area contributed by atoms with Crippen LogP contribution in [-0.4, -0.2) is 36.4 Å². The number of carbonyl (C=O) groups is 1. The molecule has 0 aromatic heterocycles. The number of nitrogens with zero attached hydrogens (tertiary/aromatic N) is 1. The Morgan fingerprint density at radius 1 is 1.37 bits per heavy atom. The number of hydrogen-bond donors (Lipinski definition) is 3. The minimum Gasteiger partial charge on any atom is -0.478 e. The van der Waals surface area contributed by atoms with Crippen LogP contribution in [0.4, 0.5) is 15.8 Å². The Hall–Kier alpha value is -1.82. The van der Waals surface area contributed by atoms with Gasteiger partial charge in [0.2, 0.25) is 0 Å². The second kappa shape index (κ2) is 6.94. The van der Waals surface area contributed by atoms with Crippen molar-refractivity contribution in [3.05, 3.63) is 23.5 Å². The van der Waals surface area contributed by atoms with E-state index in [9.17, 15) is 9.18 Å². The van der Waals surface area contributed by atoms with E-state index in [1.807, 2.05) is 0 Å². The monoisotopic (exact) mass is 270 g/mol. The SMILES string of the molecule is CN(CCCCCO)c1cc(C(=O)O)c(N)cc1F. The molecular weight excluding hydrogens is 251 g/mol. The predicted molar refractivity (Wildman–Crippen MR) is 72.0 cm³/mol. The van der Waals surface area contributed by atoms with Gasteiger partial charge in [0, 0.05) is 25.9 Å². The molecule has 0 bridgehead atoms. The van der Waals surface area contributed by atoms with E-state index in [1.165, 1.54) is 6.07 Å². The highest BCUT2D eigenvalue weighted by atomic mass is 19.1. The molecule has 1 aromatic carbocycles. The van der Waals surface area contributed by atoms with Crippen molar-refractivity contribution in [2.75, 3.05) is 30.8 Å². The molecule has 19 heavy (non-hydrogen) atoms. The van der Waals surface area contributed by atoms with Crippen molar-refractivity contribution in [1.29, 1.82) is 0 Å². The van der Waals surface area contributed by atoms with Gasteiger partial charge >= 0.3 is 5.97 Å². The number of aliphatic hydroxyl groups is 1. The summed E-state index contributed by atoms with van der Waals surface area (Å²) in [6, 6.07) is 2.28. The summed E-state index contributed by atoms with van der Waals surface area (Å²) in [5.41, 5.74) is 5.50.